The highest BCUT2D eigenvalue weighted by molar-refractivity contribution is 6.30. The van der Waals surface area contributed by atoms with Crippen LogP contribution in [0.25, 0.3) is 0 Å². The number of amides is 2. The molecule has 0 bridgehead atoms. The third-order valence-electron chi connectivity index (χ3n) is 5.13. The van der Waals surface area contributed by atoms with E-state index in [1.54, 1.807) is 29.2 Å². The molecule has 26 heavy (non-hydrogen) atoms. The number of hydrogen-bond donors (Lipinski definition) is 2. The van der Waals surface area contributed by atoms with E-state index in [4.69, 9.17) is 27.8 Å². The van der Waals surface area contributed by atoms with Crippen molar-refractivity contribution in [1.82, 2.24) is 9.80 Å². The van der Waals surface area contributed by atoms with Crippen LogP contribution in [-0.2, 0) is 0 Å². The Morgan fingerprint density at radius 2 is 1.96 bits per heavy atom. The molecule has 3 heterocycles. The van der Waals surface area contributed by atoms with Crippen LogP contribution in [-0.4, -0.2) is 55.2 Å². The van der Waals surface area contributed by atoms with E-state index in [-0.39, 0.29) is 11.4 Å². The molecule has 2 saturated heterocycles. The summed E-state index contributed by atoms with van der Waals surface area (Å²) in [5, 5.41) is 0.602. The molecule has 8 heteroatoms. The van der Waals surface area contributed by atoms with Crippen molar-refractivity contribution in [2.24, 2.45) is 16.9 Å². The van der Waals surface area contributed by atoms with E-state index < -0.39 is 0 Å². The summed E-state index contributed by atoms with van der Waals surface area (Å²) in [6, 6.07) is 5.39. The van der Waals surface area contributed by atoms with Gasteiger partial charge in [0.25, 0.3) is 0 Å². The number of hydrogen-bond acceptors (Lipinski definition) is 5. The first kappa shape index (κ1) is 16.9. The van der Waals surface area contributed by atoms with Gasteiger partial charge in [-0.2, -0.15) is 0 Å². The lowest BCUT2D eigenvalue weighted by Crippen LogP contribution is -2.74. The highest BCUT2D eigenvalue weighted by atomic mass is 35.5. The molecule has 4 rings (SSSR count). The van der Waals surface area contributed by atoms with Crippen molar-refractivity contribution < 1.29 is 9.53 Å². The quantitative estimate of drug-likeness (QED) is 0.766. The molecular weight excluding hydrogens is 354 g/mol. The van der Waals surface area contributed by atoms with Crippen LogP contribution in [0.5, 0.6) is 5.75 Å². The van der Waals surface area contributed by atoms with Crippen LogP contribution >= 0.6 is 11.6 Å². The zero-order valence-electron chi connectivity index (χ0n) is 14.4. The van der Waals surface area contributed by atoms with Crippen LogP contribution in [0.1, 0.15) is 0 Å². The highest BCUT2D eigenvalue weighted by Gasteiger charge is 2.54. The van der Waals surface area contributed by atoms with E-state index >= 15 is 0 Å². The molecule has 138 valence electrons. The maximum Gasteiger partial charge on any atom is 0.324 e. The summed E-state index contributed by atoms with van der Waals surface area (Å²) in [6.45, 7) is 4.26. The smallest absolute Gasteiger partial charge is 0.324 e. The molecule has 0 radical (unpaired) electrons. The molecule has 7 nitrogen and oxygen atoms in total. The van der Waals surface area contributed by atoms with Gasteiger partial charge in [0, 0.05) is 42.7 Å². The SMILES string of the molecule is N/C=C\C=C(/N)N1CC2(CN(C(=O)N3CCOc4cc(Cl)ccc43)C2)C1. The van der Waals surface area contributed by atoms with Gasteiger partial charge in [0.2, 0.25) is 0 Å². The van der Waals surface area contributed by atoms with E-state index in [1.165, 1.54) is 6.20 Å². The predicted molar refractivity (Wildman–Crippen MR) is 101 cm³/mol. The zero-order valence-corrected chi connectivity index (χ0v) is 15.2. The Morgan fingerprint density at radius 3 is 2.69 bits per heavy atom. The van der Waals surface area contributed by atoms with Crippen molar-refractivity contribution in [3.63, 3.8) is 0 Å². The van der Waals surface area contributed by atoms with Crippen molar-refractivity contribution in [3.8, 4) is 5.75 Å². The first-order chi connectivity index (χ1) is 12.5. The van der Waals surface area contributed by atoms with Gasteiger partial charge in [-0.25, -0.2) is 4.79 Å². The number of rotatable bonds is 2. The van der Waals surface area contributed by atoms with Crippen molar-refractivity contribution in [3.05, 3.63) is 47.4 Å². The number of allylic oxidation sites excluding steroid dienone is 2. The molecule has 3 aliphatic heterocycles. The van der Waals surface area contributed by atoms with E-state index in [9.17, 15) is 4.79 Å². The van der Waals surface area contributed by atoms with E-state index in [0.717, 1.165) is 31.9 Å². The summed E-state index contributed by atoms with van der Waals surface area (Å²) in [5.74, 6) is 1.37. The van der Waals surface area contributed by atoms with Gasteiger partial charge in [0.15, 0.2) is 0 Å². The van der Waals surface area contributed by atoms with Crippen molar-refractivity contribution in [2.45, 2.75) is 0 Å². The van der Waals surface area contributed by atoms with Gasteiger partial charge in [-0.05, 0) is 30.5 Å². The van der Waals surface area contributed by atoms with E-state index in [2.05, 4.69) is 4.90 Å². The predicted octanol–water partition coefficient (Wildman–Crippen LogP) is 1.55. The number of fused-ring (bicyclic) bond motifs is 1. The molecule has 2 fully saturated rings. The molecule has 4 N–H and O–H groups in total. The number of benzene rings is 1. The van der Waals surface area contributed by atoms with Crippen molar-refractivity contribution in [2.75, 3.05) is 44.2 Å². The monoisotopic (exact) mass is 375 g/mol. The van der Waals surface area contributed by atoms with Crippen LogP contribution in [0.3, 0.4) is 0 Å². The van der Waals surface area contributed by atoms with Gasteiger partial charge < -0.3 is 26.0 Å². The lowest BCUT2D eigenvalue weighted by molar-refractivity contribution is -0.0783. The largest absolute Gasteiger partial charge is 0.489 e. The minimum atomic E-state index is 0.0236. The number of carbonyl (C=O) groups excluding carboxylic acids is 1. The lowest BCUT2D eigenvalue weighted by Gasteiger charge is -2.61. The fourth-order valence-corrected chi connectivity index (χ4v) is 4.03. The maximum absolute atomic E-state index is 12.9. The Morgan fingerprint density at radius 1 is 1.23 bits per heavy atom. The number of nitrogens with zero attached hydrogens (tertiary/aromatic N) is 3. The first-order valence-corrected chi connectivity index (χ1v) is 8.97. The van der Waals surface area contributed by atoms with E-state index in [1.807, 2.05) is 11.0 Å². The number of likely N-dealkylation sites (tertiary alicyclic amines) is 2. The summed E-state index contributed by atoms with van der Waals surface area (Å²) in [4.78, 5) is 18.7. The summed E-state index contributed by atoms with van der Waals surface area (Å²) >= 11 is 6.02. The minimum Gasteiger partial charge on any atom is -0.489 e. The fraction of sp³-hybridized carbons (Fsp3) is 0.389. The van der Waals surface area contributed by atoms with Crippen LogP contribution < -0.4 is 21.1 Å². The number of ether oxygens (including phenoxy) is 1. The van der Waals surface area contributed by atoms with Gasteiger partial charge in [-0.15, -0.1) is 0 Å². The molecule has 0 aromatic heterocycles. The van der Waals surface area contributed by atoms with Crippen molar-refractivity contribution in [1.29, 1.82) is 0 Å². The molecular formula is C18H22ClN5O2. The third-order valence-corrected chi connectivity index (χ3v) is 5.37. The number of nitrogens with two attached hydrogens (primary N) is 2. The first-order valence-electron chi connectivity index (χ1n) is 8.59. The molecule has 1 aromatic carbocycles. The molecule has 0 saturated carbocycles. The second-order valence-corrected chi connectivity index (χ2v) is 7.52. The Labute approximate surface area is 157 Å². The molecule has 0 atom stereocenters. The fourth-order valence-electron chi connectivity index (χ4n) is 3.87. The standard InChI is InChI=1S/C18H22ClN5O2/c19-13-3-4-14-15(8-13)26-7-6-24(14)17(25)23-11-18(12-23)9-22(10-18)16(21)2-1-5-20/h1-5,8H,6-7,9-12,20-21H2/b5-1-,16-2+. The second kappa shape index (κ2) is 6.32. The Kier molecular flexibility index (Phi) is 4.11. The average Bonchev–Trinajstić information content (AvgIpc) is 2.56. The Hall–Kier alpha value is -2.54. The molecule has 3 aliphatic rings. The minimum absolute atomic E-state index is 0.0236. The lowest BCUT2D eigenvalue weighted by atomic mass is 9.73. The molecule has 1 aromatic rings. The highest BCUT2D eigenvalue weighted by Crippen LogP contribution is 2.42. The van der Waals surface area contributed by atoms with Gasteiger partial charge in [-0.3, -0.25) is 4.90 Å². The maximum atomic E-state index is 12.9. The number of urea groups is 1. The molecule has 1 spiro atoms. The topological polar surface area (TPSA) is 88.1 Å². The van der Waals surface area contributed by atoms with Crippen LogP contribution in [0, 0.1) is 5.41 Å². The summed E-state index contributed by atoms with van der Waals surface area (Å²) < 4.78 is 5.62. The summed E-state index contributed by atoms with van der Waals surface area (Å²) in [5.41, 5.74) is 12.3. The average molecular weight is 376 g/mol. The third kappa shape index (κ3) is 2.82. The Bertz CT molecular complexity index is 780. The molecule has 2 amide bonds. The zero-order chi connectivity index (χ0) is 18.3. The van der Waals surface area contributed by atoms with Gasteiger partial charge in [0.05, 0.1) is 18.1 Å². The number of carbonyl (C=O) groups is 1. The van der Waals surface area contributed by atoms with Crippen LogP contribution in [0.2, 0.25) is 5.02 Å². The second-order valence-electron chi connectivity index (χ2n) is 7.08. The Balaban J connectivity index is 1.37. The molecule has 0 aliphatic carbocycles. The summed E-state index contributed by atoms with van der Waals surface area (Å²) in [6.07, 6.45) is 4.98. The van der Waals surface area contributed by atoms with Gasteiger partial charge in [0.1, 0.15) is 12.4 Å². The van der Waals surface area contributed by atoms with Gasteiger partial charge in [-0.1, -0.05) is 11.6 Å². The van der Waals surface area contributed by atoms with Crippen molar-refractivity contribution >= 4 is 23.3 Å². The number of anilines is 1. The number of halogens is 1. The van der Waals surface area contributed by atoms with Crippen LogP contribution in [0.15, 0.2) is 42.4 Å². The van der Waals surface area contributed by atoms with Gasteiger partial charge >= 0.3 is 6.03 Å². The normalized spacial score (nSPS) is 21.3. The van der Waals surface area contributed by atoms with Crippen LogP contribution in [0.4, 0.5) is 10.5 Å². The molecule has 0 unspecified atom stereocenters. The summed E-state index contributed by atoms with van der Waals surface area (Å²) in [7, 11) is 0. The van der Waals surface area contributed by atoms with E-state index in [0.29, 0.717) is 29.7 Å².